The number of anilines is 1. The maximum absolute atomic E-state index is 5.89. The molecular formula is C11H13NO2. The van der Waals surface area contributed by atoms with Crippen LogP contribution in [0.5, 0.6) is 5.75 Å². The lowest BCUT2D eigenvalue weighted by Gasteiger charge is -2.37. The Balaban J connectivity index is 1.91. The summed E-state index contributed by atoms with van der Waals surface area (Å²) in [5.41, 5.74) is 1.08. The lowest BCUT2D eigenvalue weighted by Crippen LogP contribution is -2.48. The van der Waals surface area contributed by atoms with E-state index < -0.39 is 0 Å². The first-order valence-corrected chi connectivity index (χ1v) is 5.03. The Kier molecular flexibility index (Phi) is 1.84. The highest BCUT2D eigenvalue weighted by atomic mass is 16.5. The van der Waals surface area contributed by atoms with Crippen molar-refractivity contribution in [2.24, 2.45) is 0 Å². The van der Waals surface area contributed by atoms with E-state index >= 15 is 0 Å². The highest BCUT2D eigenvalue weighted by Gasteiger charge is 2.31. The van der Waals surface area contributed by atoms with E-state index in [1.165, 1.54) is 0 Å². The van der Waals surface area contributed by atoms with Crippen molar-refractivity contribution < 1.29 is 9.47 Å². The van der Waals surface area contributed by atoms with E-state index in [4.69, 9.17) is 9.47 Å². The van der Waals surface area contributed by atoms with Crippen molar-refractivity contribution in [2.45, 2.75) is 18.6 Å². The van der Waals surface area contributed by atoms with Crippen LogP contribution in [0.3, 0.4) is 0 Å². The van der Waals surface area contributed by atoms with Gasteiger partial charge < -0.3 is 14.8 Å². The SMILES string of the molecule is c1ccc2c(c1)NC1COCCC1O2. The Labute approximate surface area is 83.0 Å². The molecule has 2 atom stereocenters. The molecule has 3 rings (SSSR count). The van der Waals surface area contributed by atoms with Gasteiger partial charge in [0.15, 0.2) is 0 Å². The second-order valence-electron chi connectivity index (χ2n) is 3.77. The van der Waals surface area contributed by atoms with E-state index in [2.05, 4.69) is 5.32 Å². The molecule has 0 aliphatic carbocycles. The third-order valence-electron chi connectivity index (χ3n) is 2.80. The summed E-state index contributed by atoms with van der Waals surface area (Å²) in [5.74, 6) is 0.968. The van der Waals surface area contributed by atoms with Gasteiger partial charge in [-0.3, -0.25) is 0 Å². The van der Waals surface area contributed by atoms with Gasteiger partial charge in [-0.1, -0.05) is 12.1 Å². The molecule has 2 aliphatic heterocycles. The normalized spacial score (nSPS) is 29.4. The van der Waals surface area contributed by atoms with E-state index in [0.717, 1.165) is 31.1 Å². The predicted octanol–water partition coefficient (Wildman–Crippen LogP) is 1.65. The molecule has 1 aromatic rings. The summed E-state index contributed by atoms with van der Waals surface area (Å²) in [5, 5.41) is 3.45. The van der Waals surface area contributed by atoms with Crippen LogP contribution in [0.2, 0.25) is 0 Å². The average molecular weight is 191 g/mol. The molecule has 3 nitrogen and oxygen atoms in total. The van der Waals surface area contributed by atoms with Gasteiger partial charge in [0.05, 0.1) is 24.9 Å². The van der Waals surface area contributed by atoms with Gasteiger partial charge in [0.25, 0.3) is 0 Å². The molecule has 2 heterocycles. The van der Waals surface area contributed by atoms with Crippen molar-refractivity contribution in [3.63, 3.8) is 0 Å². The number of rotatable bonds is 0. The fourth-order valence-corrected chi connectivity index (χ4v) is 2.05. The van der Waals surface area contributed by atoms with Gasteiger partial charge in [0.1, 0.15) is 11.9 Å². The predicted molar refractivity (Wildman–Crippen MR) is 53.7 cm³/mol. The Morgan fingerprint density at radius 2 is 2.21 bits per heavy atom. The van der Waals surface area contributed by atoms with Crippen LogP contribution in [0, 0.1) is 0 Å². The van der Waals surface area contributed by atoms with Crippen LogP contribution in [0.15, 0.2) is 24.3 Å². The van der Waals surface area contributed by atoms with Gasteiger partial charge in [-0.05, 0) is 12.1 Å². The first-order chi connectivity index (χ1) is 6.93. The number of ether oxygens (including phenoxy) is 2. The minimum absolute atomic E-state index is 0.277. The van der Waals surface area contributed by atoms with E-state index in [1.807, 2.05) is 24.3 Å². The van der Waals surface area contributed by atoms with E-state index in [0.29, 0.717) is 6.04 Å². The maximum Gasteiger partial charge on any atom is 0.142 e. The lowest BCUT2D eigenvalue weighted by atomic mass is 10.0. The minimum Gasteiger partial charge on any atom is -0.486 e. The van der Waals surface area contributed by atoms with Crippen molar-refractivity contribution in [3.8, 4) is 5.75 Å². The summed E-state index contributed by atoms with van der Waals surface area (Å²) in [6.07, 6.45) is 1.25. The van der Waals surface area contributed by atoms with Crippen molar-refractivity contribution in [2.75, 3.05) is 18.5 Å². The van der Waals surface area contributed by atoms with Crippen LogP contribution >= 0.6 is 0 Å². The molecule has 0 radical (unpaired) electrons. The second-order valence-corrected chi connectivity index (χ2v) is 3.77. The molecule has 0 saturated carbocycles. The zero-order valence-corrected chi connectivity index (χ0v) is 7.90. The van der Waals surface area contributed by atoms with Crippen LogP contribution in [0.1, 0.15) is 6.42 Å². The standard InChI is InChI=1S/C11H13NO2/c1-2-4-10-8(3-1)12-9-7-13-6-5-11(9)14-10/h1-4,9,11-12H,5-7H2. The fourth-order valence-electron chi connectivity index (χ4n) is 2.05. The number of benzene rings is 1. The van der Waals surface area contributed by atoms with Crippen LogP contribution in [-0.4, -0.2) is 25.4 Å². The maximum atomic E-state index is 5.89. The van der Waals surface area contributed by atoms with E-state index in [9.17, 15) is 0 Å². The molecule has 14 heavy (non-hydrogen) atoms. The molecule has 1 fully saturated rings. The van der Waals surface area contributed by atoms with Gasteiger partial charge in [0, 0.05) is 6.42 Å². The molecular weight excluding hydrogens is 178 g/mol. The zero-order chi connectivity index (χ0) is 9.38. The summed E-state index contributed by atoms with van der Waals surface area (Å²) in [6.45, 7) is 1.56. The number of hydrogen-bond donors (Lipinski definition) is 1. The van der Waals surface area contributed by atoms with Crippen LogP contribution in [0.25, 0.3) is 0 Å². The molecule has 0 aromatic heterocycles. The highest BCUT2D eigenvalue weighted by Crippen LogP contribution is 2.32. The first-order valence-electron chi connectivity index (χ1n) is 5.03. The molecule has 74 valence electrons. The number of para-hydroxylation sites is 2. The number of nitrogens with one attached hydrogen (secondary N) is 1. The van der Waals surface area contributed by atoms with Crippen LogP contribution in [0.4, 0.5) is 5.69 Å². The van der Waals surface area contributed by atoms with E-state index in [1.54, 1.807) is 0 Å². The molecule has 1 aromatic carbocycles. The summed E-state index contributed by atoms with van der Waals surface area (Å²) < 4.78 is 11.3. The molecule has 0 bridgehead atoms. The molecule has 2 unspecified atom stereocenters. The lowest BCUT2D eigenvalue weighted by molar-refractivity contribution is 0.00991. The van der Waals surface area contributed by atoms with Gasteiger partial charge in [-0.15, -0.1) is 0 Å². The molecule has 3 heteroatoms. The molecule has 1 N–H and O–H groups in total. The largest absolute Gasteiger partial charge is 0.486 e. The third kappa shape index (κ3) is 1.24. The summed E-state index contributed by atoms with van der Waals surface area (Å²) in [4.78, 5) is 0. The van der Waals surface area contributed by atoms with Crippen LogP contribution in [-0.2, 0) is 4.74 Å². The number of fused-ring (bicyclic) bond motifs is 2. The van der Waals surface area contributed by atoms with Crippen LogP contribution < -0.4 is 10.1 Å². The molecule has 2 aliphatic rings. The van der Waals surface area contributed by atoms with Gasteiger partial charge >= 0.3 is 0 Å². The highest BCUT2D eigenvalue weighted by molar-refractivity contribution is 5.58. The van der Waals surface area contributed by atoms with Crippen molar-refractivity contribution in [3.05, 3.63) is 24.3 Å². The Morgan fingerprint density at radius 3 is 3.21 bits per heavy atom. The van der Waals surface area contributed by atoms with Crippen molar-refractivity contribution >= 4 is 5.69 Å². The van der Waals surface area contributed by atoms with Crippen molar-refractivity contribution in [1.82, 2.24) is 0 Å². The topological polar surface area (TPSA) is 30.5 Å². The van der Waals surface area contributed by atoms with E-state index in [-0.39, 0.29) is 6.10 Å². The minimum atomic E-state index is 0.277. The molecule has 0 spiro atoms. The summed E-state index contributed by atoms with van der Waals surface area (Å²) in [7, 11) is 0. The Hall–Kier alpha value is -1.22. The summed E-state index contributed by atoms with van der Waals surface area (Å²) in [6, 6.07) is 8.38. The first kappa shape index (κ1) is 8.12. The Morgan fingerprint density at radius 1 is 1.29 bits per heavy atom. The Bertz CT molecular complexity index is 307. The molecule has 0 amide bonds. The quantitative estimate of drug-likeness (QED) is 0.676. The number of hydrogen-bond acceptors (Lipinski definition) is 3. The average Bonchev–Trinajstić information content (AvgIpc) is 2.26. The smallest absolute Gasteiger partial charge is 0.142 e. The van der Waals surface area contributed by atoms with Gasteiger partial charge in [-0.25, -0.2) is 0 Å². The monoisotopic (exact) mass is 191 g/mol. The summed E-state index contributed by atoms with van der Waals surface area (Å²) >= 11 is 0. The second kappa shape index (κ2) is 3.17. The third-order valence-corrected chi connectivity index (χ3v) is 2.80. The van der Waals surface area contributed by atoms with Gasteiger partial charge in [-0.2, -0.15) is 0 Å². The van der Waals surface area contributed by atoms with Gasteiger partial charge in [0.2, 0.25) is 0 Å². The molecule has 1 saturated heterocycles. The van der Waals surface area contributed by atoms with Crippen molar-refractivity contribution in [1.29, 1.82) is 0 Å². The fraction of sp³-hybridized carbons (Fsp3) is 0.455. The zero-order valence-electron chi connectivity index (χ0n) is 7.90.